The van der Waals surface area contributed by atoms with Crippen molar-refractivity contribution in [1.82, 2.24) is 4.98 Å². The molecule has 0 aliphatic carbocycles. The van der Waals surface area contributed by atoms with Crippen LogP contribution in [0.1, 0.15) is 31.3 Å². The third kappa shape index (κ3) is 2.97. The molecule has 0 aliphatic heterocycles. The van der Waals surface area contributed by atoms with Crippen LogP contribution in [0.15, 0.2) is 5.51 Å². The second-order valence-electron chi connectivity index (χ2n) is 3.64. The lowest BCUT2D eigenvalue weighted by molar-refractivity contribution is 0.0521. The maximum Gasteiger partial charge on any atom is 0.360 e. The van der Waals surface area contributed by atoms with Crippen LogP contribution in [0.5, 0.6) is 0 Å². The van der Waals surface area contributed by atoms with Crippen LogP contribution in [-0.4, -0.2) is 23.1 Å². The molecule has 0 radical (unpaired) electrons. The van der Waals surface area contributed by atoms with E-state index in [2.05, 4.69) is 16.2 Å². The summed E-state index contributed by atoms with van der Waals surface area (Å²) in [4.78, 5) is 15.5. The monoisotopic (exact) mass is 238 g/mol. The van der Waals surface area contributed by atoms with Gasteiger partial charge in [-0.3, -0.25) is 0 Å². The number of nitrogens with zero attached hydrogens (tertiary/aromatic N) is 1. The molecule has 0 saturated carbocycles. The number of ether oxygens (including phenoxy) is 1. The molecular weight excluding hydrogens is 224 g/mol. The summed E-state index contributed by atoms with van der Waals surface area (Å²) in [6.45, 7) is 5.78. The third-order valence-corrected chi connectivity index (χ3v) is 2.57. The quantitative estimate of drug-likeness (QED) is 0.645. The number of esters is 1. The number of hydrogen-bond donors (Lipinski definition) is 1. The highest BCUT2D eigenvalue weighted by Gasteiger charge is 2.21. The number of aromatic nitrogens is 1. The fourth-order valence-corrected chi connectivity index (χ4v) is 1.82. The van der Waals surface area contributed by atoms with Gasteiger partial charge in [-0.2, -0.15) is 0 Å². The lowest BCUT2D eigenvalue weighted by Crippen LogP contribution is -2.29. The van der Waals surface area contributed by atoms with Gasteiger partial charge in [-0.15, -0.1) is 17.8 Å². The highest BCUT2D eigenvalue weighted by Crippen LogP contribution is 2.24. The lowest BCUT2D eigenvalue weighted by Gasteiger charge is -2.19. The molecule has 4 nitrogen and oxygen atoms in total. The zero-order valence-electron chi connectivity index (χ0n) is 9.53. The van der Waals surface area contributed by atoms with Crippen LogP contribution < -0.4 is 5.32 Å². The van der Waals surface area contributed by atoms with Crippen molar-refractivity contribution < 1.29 is 9.53 Å². The molecule has 0 amide bonds. The minimum Gasteiger partial charge on any atom is -0.461 e. The molecule has 0 aliphatic rings. The van der Waals surface area contributed by atoms with Crippen LogP contribution in [0.25, 0.3) is 0 Å². The summed E-state index contributed by atoms with van der Waals surface area (Å²) in [5.41, 5.74) is 1.35. The Bertz CT molecular complexity index is 418. The molecule has 1 heterocycles. The zero-order valence-corrected chi connectivity index (χ0v) is 10.4. The van der Waals surface area contributed by atoms with E-state index in [1.54, 1.807) is 12.4 Å². The first-order chi connectivity index (χ1) is 7.50. The van der Waals surface area contributed by atoms with Crippen molar-refractivity contribution in [2.45, 2.75) is 26.3 Å². The summed E-state index contributed by atoms with van der Waals surface area (Å²) in [6, 6.07) is 0. The van der Waals surface area contributed by atoms with Gasteiger partial charge >= 0.3 is 5.97 Å². The fraction of sp³-hybridized carbons (Fsp3) is 0.455. The van der Waals surface area contributed by atoms with E-state index >= 15 is 0 Å². The predicted molar refractivity (Wildman–Crippen MR) is 64.6 cm³/mol. The van der Waals surface area contributed by atoms with Crippen LogP contribution in [0.4, 0.5) is 5.00 Å². The molecule has 0 aromatic carbocycles. The molecule has 0 bridgehead atoms. The molecule has 1 rings (SSSR count). The van der Waals surface area contributed by atoms with Crippen molar-refractivity contribution in [3.05, 3.63) is 11.2 Å². The number of thiazole rings is 1. The topological polar surface area (TPSA) is 51.2 Å². The Kier molecular flexibility index (Phi) is 3.91. The van der Waals surface area contributed by atoms with E-state index in [0.29, 0.717) is 11.6 Å². The number of carbonyl (C=O) groups is 1. The summed E-state index contributed by atoms with van der Waals surface area (Å²) in [5, 5.41) is 3.72. The molecule has 0 unspecified atom stereocenters. The molecule has 1 aromatic rings. The van der Waals surface area contributed by atoms with Crippen molar-refractivity contribution in [1.29, 1.82) is 0 Å². The van der Waals surface area contributed by atoms with E-state index in [-0.39, 0.29) is 5.69 Å². The van der Waals surface area contributed by atoms with Crippen LogP contribution in [-0.2, 0) is 4.74 Å². The van der Waals surface area contributed by atoms with Crippen molar-refractivity contribution in [3.8, 4) is 12.3 Å². The molecule has 86 valence electrons. The summed E-state index contributed by atoms with van der Waals surface area (Å²) in [5.74, 6) is 2.16. The maximum absolute atomic E-state index is 11.5. The number of nitrogens with one attached hydrogen (secondary N) is 1. The van der Waals surface area contributed by atoms with Crippen LogP contribution in [0.2, 0.25) is 0 Å². The first kappa shape index (κ1) is 12.5. The van der Waals surface area contributed by atoms with E-state index in [0.717, 1.165) is 0 Å². The van der Waals surface area contributed by atoms with Gasteiger partial charge in [0.2, 0.25) is 0 Å². The lowest BCUT2D eigenvalue weighted by atomic mass is 10.1. The average Bonchev–Trinajstić information content (AvgIpc) is 2.65. The molecule has 0 saturated heterocycles. The fourth-order valence-electron chi connectivity index (χ4n) is 1.000. The van der Waals surface area contributed by atoms with Gasteiger partial charge in [-0.25, -0.2) is 9.78 Å². The second-order valence-corrected chi connectivity index (χ2v) is 4.50. The Morgan fingerprint density at radius 3 is 3.00 bits per heavy atom. The summed E-state index contributed by atoms with van der Waals surface area (Å²) in [6.07, 6.45) is 5.36. The van der Waals surface area contributed by atoms with Crippen molar-refractivity contribution in [3.63, 3.8) is 0 Å². The highest BCUT2D eigenvalue weighted by molar-refractivity contribution is 7.14. The van der Waals surface area contributed by atoms with Gasteiger partial charge in [0.25, 0.3) is 0 Å². The first-order valence-electron chi connectivity index (χ1n) is 4.86. The number of anilines is 1. The van der Waals surface area contributed by atoms with Crippen LogP contribution >= 0.6 is 11.3 Å². The van der Waals surface area contributed by atoms with Crippen LogP contribution in [0, 0.1) is 12.3 Å². The number of hydrogen-bond acceptors (Lipinski definition) is 5. The normalized spacial score (nSPS) is 10.6. The Labute approximate surface area is 99.0 Å². The first-order valence-corrected chi connectivity index (χ1v) is 5.74. The summed E-state index contributed by atoms with van der Waals surface area (Å²) in [7, 11) is 0. The number of carbonyl (C=O) groups excluding carboxylic acids is 1. The zero-order chi connectivity index (χ0) is 12.2. The Morgan fingerprint density at radius 1 is 1.75 bits per heavy atom. The largest absolute Gasteiger partial charge is 0.461 e. The van der Waals surface area contributed by atoms with E-state index < -0.39 is 11.5 Å². The maximum atomic E-state index is 11.5. The van der Waals surface area contributed by atoms with Gasteiger partial charge < -0.3 is 10.1 Å². The molecule has 1 aromatic heterocycles. The smallest absolute Gasteiger partial charge is 0.360 e. The average molecular weight is 238 g/mol. The van der Waals surface area contributed by atoms with E-state index in [1.807, 2.05) is 13.8 Å². The minimum absolute atomic E-state index is 0.287. The number of terminal acetylenes is 1. The third-order valence-electron chi connectivity index (χ3n) is 1.82. The van der Waals surface area contributed by atoms with Gasteiger partial charge in [0.1, 0.15) is 5.00 Å². The molecule has 0 atom stereocenters. The highest BCUT2D eigenvalue weighted by atomic mass is 32.1. The predicted octanol–water partition coefficient (Wildman–Crippen LogP) is 2.14. The van der Waals surface area contributed by atoms with Crippen LogP contribution in [0.3, 0.4) is 0 Å². The number of rotatable bonds is 4. The van der Waals surface area contributed by atoms with Crippen molar-refractivity contribution in [2.24, 2.45) is 0 Å². The standard InChI is InChI=1S/C11H14N2O2S/c1-5-11(3,4)13-9-8(12-7-16-9)10(14)15-6-2/h1,7,13H,6H2,2-4H3. The molecular formula is C11H14N2O2S. The van der Waals surface area contributed by atoms with E-state index in [4.69, 9.17) is 11.2 Å². The van der Waals surface area contributed by atoms with Crippen molar-refractivity contribution in [2.75, 3.05) is 11.9 Å². The van der Waals surface area contributed by atoms with E-state index in [1.165, 1.54) is 11.3 Å². The molecule has 0 spiro atoms. The second kappa shape index (κ2) is 4.99. The van der Waals surface area contributed by atoms with Gasteiger partial charge in [0, 0.05) is 0 Å². The van der Waals surface area contributed by atoms with Gasteiger partial charge in [0.05, 0.1) is 17.7 Å². The molecule has 0 fully saturated rings. The van der Waals surface area contributed by atoms with Crippen molar-refractivity contribution >= 4 is 22.3 Å². The Morgan fingerprint density at radius 2 is 2.44 bits per heavy atom. The molecule has 16 heavy (non-hydrogen) atoms. The van der Waals surface area contributed by atoms with Gasteiger partial charge in [-0.05, 0) is 20.8 Å². The van der Waals surface area contributed by atoms with Gasteiger partial charge in [-0.1, -0.05) is 5.92 Å². The van der Waals surface area contributed by atoms with E-state index in [9.17, 15) is 4.79 Å². The Hall–Kier alpha value is -1.54. The summed E-state index contributed by atoms with van der Waals surface area (Å²) < 4.78 is 4.89. The summed E-state index contributed by atoms with van der Waals surface area (Å²) >= 11 is 1.33. The molecule has 1 N–H and O–H groups in total. The minimum atomic E-state index is -0.520. The van der Waals surface area contributed by atoms with Gasteiger partial charge in [0.15, 0.2) is 5.69 Å². The SMILES string of the molecule is C#CC(C)(C)Nc1scnc1C(=O)OCC. The Balaban J connectivity index is 2.87. The molecule has 5 heteroatoms.